The molecule has 6 heteroatoms. The normalized spacial score (nSPS) is 14.4. The zero-order valence-electron chi connectivity index (χ0n) is 16.2. The smallest absolute Gasteiger partial charge is 0.408 e. The highest BCUT2D eigenvalue weighted by Crippen LogP contribution is 2.19. The van der Waals surface area contributed by atoms with Crippen LogP contribution < -0.4 is 10.6 Å². The van der Waals surface area contributed by atoms with Gasteiger partial charge in [-0.3, -0.25) is 10.1 Å². The minimum Gasteiger partial charge on any atom is -0.468 e. The summed E-state index contributed by atoms with van der Waals surface area (Å²) in [6, 6.07) is 8.89. The van der Waals surface area contributed by atoms with Crippen molar-refractivity contribution in [1.82, 2.24) is 10.6 Å². The summed E-state index contributed by atoms with van der Waals surface area (Å²) in [7, 11) is 1.33. The van der Waals surface area contributed by atoms with E-state index in [1.165, 1.54) is 7.11 Å². The Hall–Kier alpha value is -2.08. The van der Waals surface area contributed by atoms with Crippen molar-refractivity contribution in [3.05, 3.63) is 35.9 Å². The minimum absolute atomic E-state index is 0.106. The number of hydrogen-bond acceptors (Lipinski definition) is 5. The van der Waals surface area contributed by atoms with Crippen LogP contribution in [0.4, 0.5) is 4.79 Å². The number of ether oxygens (including phenoxy) is 2. The lowest BCUT2D eigenvalue weighted by Gasteiger charge is -2.36. The molecule has 1 rings (SSSR count). The molecular weight excluding hydrogens is 320 g/mol. The third-order valence-electron chi connectivity index (χ3n) is 3.70. The van der Waals surface area contributed by atoms with Crippen LogP contribution in [-0.2, 0) is 14.3 Å². The molecule has 0 saturated carbocycles. The average molecular weight is 350 g/mol. The molecule has 0 aliphatic rings. The summed E-state index contributed by atoms with van der Waals surface area (Å²) in [5.74, 6) is -0.455. The second kappa shape index (κ2) is 8.34. The molecule has 0 aliphatic heterocycles. The van der Waals surface area contributed by atoms with E-state index in [1.54, 1.807) is 34.6 Å². The first kappa shape index (κ1) is 21.0. The van der Waals surface area contributed by atoms with Crippen LogP contribution in [0, 0.1) is 0 Å². The van der Waals surface area contributed by atoms with Crippen molar-refractivity contribution < 1.29 is 19.1 Å². The Morgan fingerprint density at radius 2 is 1.60 bits per heavy atom. The average Bonchev–Trinajstić information content (AvgIpc) is 2.49. The van der Waals surface area contributed by atoms with E-state index in [-0.39, 0.29) is 6.04 Å². The van der Waals surface area contributed by atoms with Crippen molar-refractivity contribution in [1.29, 1.82) is 0 Å². The maximum absolute atomic E-state index is 12.3. The molecule has 2 N–H and O–H groups in total. The molecule has 0 saturated heterocycles. The van der Waals surface area contributed by atoms with Gasteiger partial charge in [-0.05, 0) is 47.1 Å². The van der Waals surface area contributed by atoms with Gasteiger partial charge >= 0.3 is 12.1 Å². The number of esters is 1. The Morgan fingerprint density at radius 1 is 1.04 bits per heavy atom. The maximum Gasteiger partial charge on any atom is 0.408 e. The standard InChI is InChI=1S/C19H30N2O4/c1-13(14-11-9-8-10-12-14)20-15(16(22)24-7)19(5,6)21-17(23)25-18(2,3)4/h8-13,15,20H,1-7H3,(H,21,23)/t13-,15+/m1/s1. The SMILES string of the molecule is COC(=O)[C@H](N[C@H](C)c1ccccc1)C(C)(C)NC(=O)OC(C)(C)C. The van der Waals surface area contributed by atoms with Crippen LogP contribution in [0.3, 0.4) is 0 Å². The molecule has 0 heterocycles. The van der Waals surface area contributed by atoms with Crippen LogP contribution in [0.15, 0.2) is 30.3 Å². The van der Waals surface area contributed by atoms with E-state index >= 15 is 0 Å². The monoisotopic (exact) mass is 350 g/mol. The first-order valence-corrected chi connectivity index (χ1v) is 8.36. The molecule has 0 unspecified atom stereocenters. The molecule has 1 aromatic carbocycles. The fraction of sp³-hybridized carbons (Fsp3) is 0.579. The van der Waals surface area contributed by atoms with Gasteiger partial charge < -0.3 is 14.8 Å². The molecule has 0 spiro atoms. The second-order valence-corrected chi connectivity index (χ2v) is 7.60. The molecule has 0 fully saturated rings. The number of carbonyl (C=O) groups is 2. The summed E-state index contributed by atoms with van der Waals surface area (Å²) in [4.78, 5) is 24.4. The molecule has 6 nitrogen and oxygen atoms in total. The van der Waals surface area contributed by atoms with Crippen LogP contribution in [0.1, 0.15) is 53.1 Å². The van der Waals surface area contributed by atoms with Crippen molar-refractivity contribution in [2.75, 3.05) is 7.11 Å². The second-order valence-electron chi connectivity index (χ2n) is 7.60. The number of rotatable bonds is 6. The first-order valence-electron chi connectivity index (χ1n) is 8.36. The molecular formula is C19H30N2O4. The van der Waals surface area contributed by atoms with Crippen LogP contribution >= 0.6 is 0 Å². The predicted octanol–water partition coefficient (Wildman–Crippen LogP) is 3.18. The van der Waals surface area contributed by atoms with Gasteiger partial charge in [0.05, 0.1) is 12.6 Å². The van der Waals surface area contributed by atoms with Gasteiger partial charge in [-0.1, -0.05) is 30.3 Å². The highest BCUT2D eigenvalue weighted by molar-refractivity contribution is 5.79. The van der Waals surface area contributed by atoms with Gasteiger partial charge in [0.1, 0.15) is 11.6 Å². The van der Waals surface area contributed by atoms with E-state index in [1.807, 2.05) is 37.3 Å². The molecule has 2 atom stereocenters. The van der Waals surface area contributed by atoms with Gasteiger partial charge in [0.15, 0.2) is 0 Å². The van der Waals surface area contributed by atoms with E-state index in [4.69, 9.17) is 9.47 Å². The van der Waals surface area contributed by atoms with Crippen LogP contribution in [0.25, 0.3) is 0 Å². The Balaban J connectivity index is 2.93. The van der Waals surface area contributed by atoms with Crippen LogP contribution in [-0.4, -0.2) is 36.4 Å². The third kappa shape index (κ3) is 6.74. The number of carbonyl (C=O) groups excluding carboxylic acids is 2. The van der Waals surface area contributed by atoms with E-state index in [0.717, 1.165) is 5.56 Å². The van der Waals surface area contributed by atoms with Gasteiger partial charge in [0.25, 0.3) is 0 Å². The highest BCUT2D eigenvalue weighted by Gasteiger charge is 2.39. The van der Waals surface area contributed by atoms with Crippen molar-refractivity contribution in [2.45, 2.75) is 64.8 Å². The number of amides is 1. The lowest BCUT2D eigenvalue weighted by atomic mass is 9.93. The fourth-order valence-electron chi connectivity index (χ4n) is 2.42. The fourth-order valence-corrected chi connectivity index (χ4v) is 2.42. The summed E-state index contributed by atoms with van der Waals surface area (Å²) in [5, 5.41) is 6.01. The predicted molar refractivity (Wildman–Crippen MR) is 97.2 cm³/mol. The lowest BCUT2D eigenvalue weighted by Crippen LogP contribution is -2.62. The number of benzene rings is 1. The van der Waals surface area contributed by atoms with Gasteiger partial charge in [0.2, 0.25) is 0 Å². The topological polar surface area (TPSA) is 76.7 Å². The van der Waals surface area contributed by atoms with E-state index < -0.39 is 29.2 Å². The number of nitrogens with one attached hydrogen (secondary N) is 2. The van der Waals surface area contributed by atoms with Crippen molar-refractivity contribution in [2.24, 2.45) is 0 Å². The molecule has 0 aliphatic carbocycles. The van der Waals surface area contributed by atoms with Gasteiger partial charge in [-0.2, -0.15) is 0 Å². The zero-order valence-corrected chi connectivity index (χ0v) is 16.2. The summed E-state index contributed by atoms with van der Waals surface area (Å²) >= 11 is 0. The Kier molecular flexibility index (Phi) is 6.99. The van der Waals surface area contributed by atoms with Crippen molar-refractivity contribution in [3.63, 3.8) is 0 Å². The lowest BCUT2D eigenvalue weighted by molar-refractivity contribution is -0.145. The van der Waals surface area contributed by atoms with Crippen LogP contribution in [0.5, 0.6) is 0 Å². The summed E-state index contributed by atoms with van der Waals surface area (Å²) in [6.07, 6.45) is -0.583. The molecule has 1 aromatic rings. The van der Waals surface area contributed by atoms with E-state index in [0.29, 0.717) is 0 Å². The maximum atomic E-state index is 12.3. The Labute approximate surface area is 150 Å². The first-order chi connectivity index (χ1) is 11.5. The summed E-state index contributed by atoms with van der Waals surface area (Å²) < 4.78 is 10.2. The third-order valence-corrected chi connectivity index (χ3v) is 3.70. The highest BCUT2D eigenvalue weighted by atomic mass is 16.6. The van der Waals surface area contributed by atoms with Crippen LogP contribution in [0.2, 0.25) is 0 Å². The number of hydrogen-bond donors (Lipinski definition) is 2. The molecule has 1 amide bonds. The van der Waals surface area contributed by atoms with Crippen molar-refractivity contribution >= 4 is 12.1 Å². The van der Waals surface area contributed by atoms with Gasteiger partial charge in [-0.25, -0.2) is 4.79 Å². The number of alkyl carbamates (subject to hydrolysis) is 1. The quantitative estimate of drug-likeness (QED) is 0.771. The molecule has 0 bridgehead atoms. The summed E-state index contributed by atoms with van der Waals surface area (Å²) in [5.41, 5.74) is -0.506. The van der Waals surface area contributed by atoms with E-state index in [9.17, 15) is 9.59 Å². The van der Waals surface area contributed by atoms with Gasteiger partial charge in [0, 0.05) is 6.04 Å². The molecule has 25 heavy (non-hydrogen) atoms. The van der Waals surface area contributed by atoms with Crippen molar-refractivity contribution in [3.8, 4) is 0 Å². The molecule has 140 valence electrons. The zero-order chi connectivity index (χ0) is 19.3. The van der Waals surface area contributed by atoms with Gasteiger partial charge in [-0.15, -0.1) is 0 Å². The van der Waals surface area contributed by atoms with E-state index in [2.05, 4.69) is 10.6 Å². The largest absolute Gasteiger partial charge is 0.468 e. The molecule has 0 radical (unpaired) electrons. The molecule has 0 aromatic heterocycles. The Morgan fingerprint density at radius 3 is 2.08 bits per heavy atom. The Bertz CT molecular complexity index is 579. The number of methoxy groups -OCH3 is 1. The summed E-state index contributed by atoms with van der Waals surface area (Å²) in [6.45, 7) is 10.8. The minimum atomic E-state index is -0.918.